The molecule has 35 heavy (non-hydrogen) atoms. The van der Waals surface area contributed by atoms with Crippen LogP contribution in [0.1, 0.15) is 54.2 Å². The molecular formula is C29H34ClN3O2. The molecule has 1 fully saturated rings. The van der Waals surface area contributed by atoms with Crippen molar-refractivity contribution in [3.05, 3.63) is 76.4 Å². The molecule has 2 amide bonds. The first-order valence-corrected chi connectivity index (χ1v) is 12.9. The van der Waals surface area contributed by atoms with Crippen LogP contribution in [0.5, 0.6) is 0 Å². The summed E-state index contributed by atoms with van der Waals surface area (Å²) in [5.74, 6) is 0.222. The molecule has 0 N–H and O–H groups in total. The lowest BCUT2D eigenvalue weighted by molar-refractivity contribution is -0.132. The lowest BCUT2D eigenvalue weighted by Crippen LogP contribution is -2.50. The van der Waals surface area contributed by atoms with Gasteiger partial charge in [-0.05, 0) is 61.7 Å². The Kier molecular flexibility index (Phi) is 7.97. The fraction of sp³-hybridized carbons (Fsp3) is 0.379. The van der Waals surface area contributed by atoms with Crippen molar-refractivity contribution in [2.24, 2.45) is 0 Å². The molecular weight excluding hydrogens is 458 g/mol. The SMILES string of the molecule is CCCCCC(=O)N1CCN(C(=O)c2cc(-c3ccc(Cl)cc3)n(-c3cccc(C)c3)c2C)CC1. The average Bonchev–Trinajstić information content (AvgIpc) is 3.21. The smallest absolute Gasteiger partial charge is 0.255 e. The van der Waals surface area contributed by atoms with E-state index in [0.717, 1.165) is 47.5 Å². The molecule has 3 aromatic rings. The first kappa shape index (κ1) is 25.1. The van der Waals surface area contributed by atoms with Crippen molar-refractivity contribution in [2.75, 3.05) is 26.2 Å². The number of hydrogen-bond acceptors (Lipinski definition) is 2. The summed E-state index contributed by atoms with van der Waals surface area (Å²) in [6.07, 6.45) is 3.73. The molecule has 0 radical (unpaired) electrons. The maximum Gasteiger partial charge on any atom is 0.255 e. The van der Waals surface area contributed by atoms with Crippen LogP contribution < -0.4 is 0 Å². The predicted molar refractivity (Wildman–Crippen MR) is 142 cm³/mol. The van der Waals surface area contributed by atoms with Crippen molar-refractivity contribution >= 4 is 23.4 Å². The lowest BCUT2D eigenvalue weighted by atomic mass is 10.1. The van der Waals surface area contributed by atoms with E-state index in [1.165, 1.54) is 0 Å². The number of carbonyl (C=O) groups is 2. The zero-order chi connectivity index (χ0) is 24.9. The molecule has 0 spiro atoms. The maximum absolute atomic E-state index is 13.6. The maximum atomic E-state index is 13.6. The Morgan fingerprint density at radius 3 is 2.23 bits per heavy atom. The number of amides is 2. The van der Waals surface area contributed by atoms with Crippen LogP contribution in [0, 0.1) is 13.8 Å². The van der Waals surface area contributed by atoms with Gasteiger partial charge in [0.2, 0.25) is 5.91 Å². The van der Waals surface area contributed by atoms with E-state index in [2.05, 4.69) is 36.6 Å². The molecule has 0 aliphatic carbocycles. The molecule has 184 valence electrons. The van der Waals surface area contributed by atoms with Crippen LogP contribution in [0.4, 0.5) is 0 Å². The van der Waals surface area contributed by atoms with Gasteiger partial charge in [0.05, 0.1) is 11.3 Å². The summed E-state index contributed by atoms with van der Waals surface area (Å²) in [6, 6.07) is 18.0. The minimum absolute atomic E-state index is 0.0159. The molecule has 2 heterocycles. The van der Waals surface area contributed by atoms with E-state index in [1.54, 1.807) is 0 Å². The van der Waals surface area contributed by atoms with Crippen LogP contribution in [0.15, 0.2) is 54.6 Å². The highest BCUT2D eigenvalue weighted by Gasteiger charge is 2.28. The first-order valence-electron chi connectivity index (χ1n) is 12.5. The van der Waals surface area contributed by atoms with Crippen molar-refractivity contribution in [3.8, 4) is 16.9 Å². The number of carbonyl (C=O) groups excluding carboxylic acids is 2. The Labute approximate surface area is 213 Å². The van der Waals surface area contributed by atoms with Gasteiger partial charge in [0.25, 0.3) is 5.91 Å². The summed E-state index contributed by atoms with van der Waals surface area (Å²) in [4.78, 5) is 29.9. The van der Waals surface area contributed by atoms with Gasteiger partial charge in [0.1, 0.15) is 0 Å². The molecule has 2 aromatic carbocycles. The fourth-order valence-corrected chi connectivity index (χ4v) is 4.90. The Hall–Kier alpha value is -3.05. The number of rotatable bonds is 7. The Balaban J connectivity index is 1.59. The minimum Gasteiger partial charge on any atom is -0.339 e. The van der Waals surface area contributed by atoms with Gasteiger partial charge in [-0.15, -0.1) is 0 Å². The highest BCUT2D eigenvalue weighted by molar-refractivity contribution is 6.30. The second-order valence-corrected chi connectivity index (χ2v) is 9.78. The van der Waals surface area contributed by atoms with Gasteiger partial charge in [0.15, 0.2) is 0 Å². The summed E-state index contributed by atoms with van der Waals surface area (Å²) < 4.78 is 2.15. The van der Waals surface area contributed by atoms with E-state index in [4.69, 9.17) is 11.6 Å². The van der Waals surface area contributed by atoms with Crippen LogP contribution >= 0.6 is 11.6 Å². The molecule has 0 saturated carbocycles. The molecule has 4 rings (SSSR count). The van der Waals surface area contributed by atoms with E-state index < -0.39 is 0 Å². The van der Waals surface area contributed by atoms with Gasteiger partial charge in [-0.2, -0.15) is 0 Å². The van der Waals surface area contributed by atoms with Crippen molar-refractivity contribution in [1.29, 1.82) is 0 Å². The number of unbranched alkanes of at least 4 members (excludes halogenated alkanes) is 2. The normalized spacial score (nSPS) is 13.8. The Bertz CT molecular complexity index is 1190. The number of piperazine rings is 1. The summed E-state index contributed by atoms with van der Waals surface area (Å²) in [5, 5.41) is 0.678. The zero-order valence-electron chi connectivity index (χ0n) is 20.9. The second kappa shape index (κ2) is 11.1. The summed E-state index contributed by atoms with van der Waals surface area (Å²) in [5.41, 5.74) is 5.74. The van der Waals surface area contributed by atoms with Crippen LogP contribution in [-0.4, -0.2) is 52.4 Å². The van der Waals surface area contributed by atoms with Gasteiger partial charge in [0, 0.05) is 49.0 Å². The zero-order valence-corrected chi connectivity index (χ0v) is 21.6. The topological polar surface area (TPSA) is 45.6 Å². The van der Waals surface area contributed by atoms with E-state index in [-0.39, 0.29) is 11.8 Å². The van der Waals surface area contributed by atoms with Gasteiger partial charge in [-0.25, -0.2) is 0 Å². The molecule has 0 atom stereocenters. The molecule has 1 aliphatic rings. The van der Waals surface area contributed by atoms with Crippen molar-refractivity contribution in [1.82, 2.24) is 14.4 Å². The number of benzene rings is 2. The highest BCUT2D eigenvalue weighted by atomic mass is 35.5. The average molecular weight is 492 g/mol. The number of aryl methyl sites for hydroxylation is 1. The van der Waals surface area contributed by atoms with Gasteiger partial charge in [-0.3, -0.25) is 9.59 Å². The van der Waals surface area contributed by atoms with Crippen LogP contribution in [-0.2, 0) is 4.79 Å². The van der Waals surface area contributed by atoms with Gasteiger partial charge in [-0.1, -0.05) is 55.6 Å². The first-order chi connectivity index (χ1) is 16.9. The van der Waals surface area contributed by atoms with Crippen LogP contribution in [0.2, 0.25) is 5.02 Å². The molecule has 1 aliphatic heterocycles. The number of aromatic nitrogens is 1. The van der Waals surface area contributed by atoms with E-state index in [0.29, 0.717) is 43.2 Å². The van der Waals surface area contributed by atoms with Gasteiger partial charge < -0.3 is 14.4 Å². The van der Waals surface area contributed by atoms with Crippen molar-refractivity contribution in [3.63, 3.8) is 0 Å². The third-order valence-corrected chi connectivity index (χ3v) is 7.04. The molecule has 0 unspecified atom stereocenters. The molecule has 0 bridgehead atoms. The second-order valence-electron chi connectivity index (χ2n) is 9.34. The van der Waals surface area contributed by atoms with Crippen LogP contribution in [0.25, 0.3) is 16.9 Å². The largest absolute Gasteiger partial charge is 0.339 e. The fourth-order valence-electron chi connectivity index (χ4n) is 4.77. The highest BCUT2D eigenvalue weighted by Crippen LogP contribution is 2.31. The van der Waals surface area contributed by atoms with E-state index >= 15 is 0 Å². The number of halogens is 1. The molecule has 1 aromatic heterocycles. The lowest BCUT2D eigenvalue weighted by Gasteiger charge is -2.35. The molecule has 1 saturated heterocycles. The monoisotopic (exact) mass is 491 g/mol. The quantitative estimate of drug-likeness (QED) is 0.365. The Morgan fingerprint density at radius 2 is 1.57 bits per heavy atom. The van der Waals surface area contributed by atoms with E-state index in [9.17, 15) is 9.59 Å². The summed E-state index contributed by atoms with van der Waals surface area (Å²) >= 11 is 6.14. The van der Waals surface area contributed by atoms with Crippen LogP contribution in [0.3, 0.4) is 0 Å². The van der Waals surface area contributed by atoms with Crippen molar-refractivity contribution in [2.45, 2.75) is 46.5 Å². The summed E-state index contributed by atoms with van der Waals surface area (Å²) in [7, 11) is 0. The number of nitrogens with zero attached hydrogens (tertiary/aromatic N) is 3. The Morgan fingerprint density at radius 1 is 0.886 bits per heavy atom. The molecule has 5 nitrogen and oxygen atoms in total. The third kappa shape index (κ3) is 5.62. The number of hydrogen-bond donors (Lipinski definition) is 0. The third-order valence-electron chi connectivity index (χ3n) is 6.79. The van der Waals surface area contributed by atoms with Gasteiger partial charge >= 0.3 is 0 Å². The standard InChI is InChI=1S/C29H34ClN3O2/c1-4-5-6-10-28(34)31-15-17-32(18-16-31)29(35)26-20-27(23-11-13-24(30)14-12-23)33(22(26)3)25-9-7-8-21(2)19-25/h7-9,11-14,19-20H,4-6,10,15-18H2,1-3H3. The molecule has 6 heteroatoms. The predicted octanol–water partition coefficient (Wildman–Crippen LogP) is 6.28. The van der Waals surface area contributed by atoms with Crippen molar-refractivity contribution < 1.29 is 9.59 Å². The minimum atomic E-state index is 0.0159. The van der Waals surface area contributed by atoms with E-state index in [1.807, 2.05) is 53.1 Å². The summed E-state index contributed by atoms with van der Waals surface area (Å²) in [6.45, 7) is 8.52.